The fourth-order valence-electron chi connectivity index (χ4n) is 2.94. The maximum atomic E-state index is 13.1. The van der Waals surface area contributed by atoms with Crippen LogP contribution in [0.4, 0.5) is 4.39 Å². The van der Waals surface area contributed by atoms with Crippen molar-refractivity contribution in [2.75, 3.05) is 13.1 Å². The van der Waals surface area contributed by atoms with Gasteiger partial charge in [0.15, 0.2) is 0 Å². The molecular formula is C19H19FN2S. The van der Waals surface area contributed by atoms with Gasteiger partial charge in [-0.2, -0.15) is 5.26 Å². The molecule has 2 nitrogen and oxygen atoms in total. The quantitative estimate of drug-likeness (QED) is 0.857. The molecule has 1 unspecified atom stereocenters. The second kappa shape index (κ2) is 7.16. The van der Waals surface area contributed by atoms with E-state index in [-0.39, 0.29) is 11.1 Å². The Morgan fingerprint density at radius 3 is 2.61 bits per heavy atom. The first-order valence-electron chi connectivity index (χ1n) is 7.86. The molecule has 0 aromatic heterocycles. The van der Waals surface area contributed by atoms with Gasteiger partial charge in [0.2, 0.25) is 0 Å². The fourth-order valence-corrected chi connectivity index (χ4v) is 4.20. The second-order valence-electron chi connectivity index (χ2n) is 5.75. The third-order valence-corrected chi connectivity index (χ3v) is 5.56. The van der Waals surface area contributed by atoms with Gasteiger partial charge in [0.05, 0.1) is 5.56 Å². The van der Waals surface area contributed by atoms with E-state index in [9.17, 15) is 9.65 Å². The van der Waals surface area contributed by atoms with E-state index >= 15 is 0 Å². The molecule has 0 saturated carbocycles. The average Bonchev–Trinajstić information content (AvgIpc) is 2.81. The molecule has 118 valence electrons. The van der Waals surface area contributed by atoms with Crippen LogP contribution in [0.2, 0.25) is 0 Å². The molecule has 23 heavy (non-hydrogen) atoms. The molecule has 0 fully saturated rings. The molecule has 1 heterocycles. The summed E-state index contributed by atoms with van der Waals surface area (Å²) in [5.41, 5.74) is 4.45. The fraction of sp³-hybridized carbons (Fsp3) is 0.316. The largest absolute Gasteiger partial charge is 0.316 e. The first kappa shape index (κ1) is 16.0. The third-order valence-electron chi connectivity index (χ3n) is 4.23. The zero-order valence-corrected chi connectivity index (χ0v) is 13.9. The van der Waals surface area contributed by atoms with Crippen LogP contribution in [0.3, 0.4) is 0 Å². The van der Waals surface area contributed by atoms with E-state index in [1.165, 1.54) is 23.3 Å². The van der Waals surface area contributed by atoms with Crippen LogP contribution in [-0.4, -0.2) is 13.1 Å². The summed E-state index contributed by atoms with van der Waals surface area (Å²) in [6.07, 6.45) is 1.95. The maximum absolute atomic E-state index is 13.1. The molecule has 2 aromatic carbocycles. The highest BCUT2D eigenvalue weighted by atomic mass is 32.2. The van der Waals surface area contributed by atoms with E-state index in [1.807, 2.05) is 18.2 Å². The van der Waals surface area contributed by atoms with Crippen molar-refractivity contribution in [3.8, 4) is 6.07 Å². The summed E-state index contributed by atoms with van der Waals surface area (Å²) in [7, 11) is 0. The van der Waals surface area contributed by atoms with E-state index in [0.29, 0.717) is 0 Å². The molecule has 0 bridgehead atoms. The van der Waals surface area contributed by atoms with Gasteiger partial charge in [-0.25, -0.2) is 4.39 Å². The van der Waals surface area contributed by atoms with E-state index in [1.54, 1.807) is 11.8 Å². The monoisotopic (exact) mass is 326 g/mol. The van der Waals surface area contributed by atoms with Gasteiger partial charge in [-0.05, 0) is 67.7 Å². The van der Waals surface area contributed by atoms with E-state index in [0.717, 1.165) is 42.0 Å². The normalized spacial score (nSPS) is 15.3. The lowest BCUT2D eigenvalue weighted by molar-refractivity contribution is 0.627. The SMILES string of the molecule is CC(Sc1c(C#N)ccc2c1CCNCC2)c1ccc(F)cc1. The van der Waals surface area contributed by atoms with Gasteiger partial charge in [-0.15, -0.1) is 11.8 Å². The summed E-state index contributed by atoms with van der Waals surface area (Å²) in [5, 5.41) is 13.1. The van der Waals surface area contributed by atoms with Crippen LogP contribution < -0.4 is 5.32 Å². The van der Waals surface area contributed by atoms with Gasteiger partial charge < -0.3 is 5.32 Å². The lowest BCUT2D eigenvalue weighted by Crippen LogP contribution is -2.16. The zero-order chi connectivity index (χ0) is 16.2. The lowest BCUT2D eigenvalue weighted by Gasteiger charge is -2.18. The molecule has 0 amide bonds. The van der Waals surface area contributed by atoms with Crippen LogP contribution in [0, 0.1) is 17.1 Å². The van der Waals surface area contributed by atoms with Crippen molar-refractivity contribution in [3.63, 3.8) is 0 Å². The Labute approximate surface area is 140 Å². The summed E-state index contributed by atoms with van der Waals surface area (Å²) < 4.78 is 13.1. The van der Waals surface area contributed by atoms with Crippen molar-refractivity contribution in [1.29, 1.82) is 5.26 Å². The number of rotatable bonds is 3. The molecule has 0 saturated heterocycles. The van der Waals surface area contributed by atoms with Crippen molar-refractivity contribution >= 4 is 11.8 Å². The van der Waals surface area contributed by atoms with Crippen molar-refractivity contribution in [1.82, 2.24) is 5.32 Å². The molecule has 0 spiro atoms. The van der Waals surface area contributed by atoms with Crippen molar-refractivity contribution in [3.05, 3.63) is 64.5 Å². The van der Waals surface area contributed by atoms with Gasteiger partial charge in [0.25, 0.3) is 0 Å². The third kappa shape index (κ3) is 3.57. The van der Waals surface area contributed by atoms with Crippen molar-refractivity contribution in [2.24, 2.45) is 0 Å². The van der Waals surface area contributed by atoms with Crippen molar-refractivity contribution in [2.45, 2.75) is 29.9 Å². The number of nitriles is 1. The first-order chi connectivity index (χ1) is 11.2. The Morgan fingerprint density at radius 2 is 1.87 bits per heavy atom. The minimum Gasteiger partial charge on any atom is -0.316 e. The van der Waals surface area contributed by atoms with Crippen LogP contribution in [0.15, 0.2) is 41.3 Å². The molecule has 0 aliphatic carbocycles. The summed E-state index contributed by atoms with van der Waals surface area (Å²) in [6, 6.07) is 13.0. The molecule has 1 atom stereocenters. The Bertz CT molecular complexity index is 734. The number of halogens is 1. The molecule has 3 rings (SSSR count). The second-order valence-corrected chi connectivity index (χ2v) is 7.10. The molecule has 2 aromatic rings. The van der Waals surface area contributed by atoms with Gasteiger partial charge in [0.1, 0.15) is 11.9 Å². The number of hydrogen-bond donors (Lipinski definition) is 1. The molecule has 4 heteroatoms. The molecular weight excluding hydrogens is 307 g/mol. The predicted octanol–water partition coefficient (Wildman–Crippen LogP) is 4.24. The van der Waals surface area contributed by atoms with Crippen LogP contribution in [0.5, 0.6) is 0 Å². The summed E-state index contributed by atoms with van der Waals surface area (Å²) >= 11 is 1.70. The number of thioether (sulfide) groups is 1. The number of nitrogens with one attached hydrogen (secondary N) is 1. The topological polar surface area (TPSA) is 35.8 Å². The standard InChI is InChI=1S/C19H19FN2S/c1-13(14-4-6-17(20)7-5-14)23-19-16(12-21)3-2-15-8-10-22-11-9-18(15)19/h2-7,13,22H,8-11H2,1H3. The Morgan fingerprint density at radius 1 is 1.13 bits per heavy atom. The highest BCUT2D eigenvalue weighted by Crippen LogP contribution is 2.40. The maximum Gasteiger partial charge on any atom is 0.123 e. The Hall–Kier alpha value is -1.83. The predicted molar refractivity (Wildman–Crippen MR) is 92.1 cm³/mol. The lowest BCUT2D eigenvalue weighted by atomic mass is 10.0. The van der Waals surface area contributed by atoms with Gasteiger partial charge >= 0.3 is 0 Å². The number of hydrogen-bond acceptors (Lipinski definition) is 3. The van der Waals surface area contributed by atoms with Gasteiger partial charge in [-0.3, -0.25) is 0 Å². The summed E-state index contributed by atoms with van der Waals surface area (Å²) in [4.78, 5) is 1.09. The minimum absolute atomic E-state index is 0.172. The Kier molecular flexibility index (Phi) is 5.00. The average molecular weight is 326 g/mol. The van der Waals surface area contributed by atoms with Gasteiger partial charge in [-0.1, -0.05) is 18.2 Å². The molecule has 1 aliphatic rings. The van der Waals surface area contributed by atoms with Crippen LogP contribution in [-0.2, 0) is 12.8 Å². The van der Waals surface area contributed by atoms with E-state index in [4.69, 9.17) is 0 Å². The van der Waals surface area contributed by atoms with Crippen LogP contribution in [0.25, 0.3) is 0 Å². The molecule has 1 N–H and O–H groups in total. The van der Waals surface area contributed by atoms with E-state index < -0.39 is 0 Å². The van der Waals surface area contributed by atoms with Crippen LogP contribution in [0.1, 0.15) is 34.4 Å². The van der Waals surface area contributed by atoms with Crippen LogP contribution >= 0.6 is 11.8 Å². The number of fused-ring (bicyclic) bond motifs is 1. The van der Waals surface area contributed by atoms with E-state index in [2.05, 4.69) is 24.4 Å². The Balaban J connectivity index is 1.95. The van der Waals surface area contributed by atoms with Gasteiger partial charge in [0, 0.05) is 10.1 Å². The summed E-state index contributed by atoms with van der Waals surface area (Å²) in [6.45, 7) is 4.03. The highest BCUT2D eigenvalue weighted by Gasteiger charge is 2.18. The zero-order valence-electron chi connectivity index (χ0n) is 13.1. The number of benzene rings is 2. The molecule has 0 radical (unpaired) electrons. The van der Waals surface area contributed by atoms with Crippen molar-refractivity contribution < 1.29 is 4.39 Å². The summed E-state index contributed by atoms with van der Waals surface area (Å²) in [5.74, 6) is -0.219. The number of nitrogens with zero attached hydrogens (tertiary/aromatic N) is 1. The smallest absolute Gasteiger partial charge is 0.123 e. The minimum atomic E-state index is -0.219. The highest BCUT2D eigenvalue weighted by molar-refractivity contribution is 7.99. The first-order valence-corrected chi connectivity index (χ1v) is 8.74. The molecule has 1 aliphatic heterocycles.